The molecular weight excluding hydrogens is 220 g/mol. The third-order valence-corrected chi connectivity index (χ3v) is 4.24. The third kappa shape index (κ3) is 2.27. The van der Waals surface area contributed by atoms with Crippen LogP contribution in [0.2, 0.25) is 5.02 Å². The van der Waals surface area contributed by atoms with Gasteiger partial charge in [0.1, 0.15) is 0 Å². The van der Waals surface area contributed by atoms with Gasteiger partial charge in [0.05, 0.1) is 9.23 Å². The molecule has 0 nitrogen and oxygen atoms in total. The summed E-state index contributed by atoms with van der Waals surface area (Å²) in [7, 11) is 0. The normalized spacial score (nSPS) is 10.2. The molecule has 2 rings (SSSR count). The molecule has 0 fully saturated rings. The largest absolute Gasteiger partial charge is 0.135 e. The van der Waals surface area contributed by atoms with Gasteiger partial charge in [-0.25, -0.2) is 0 Å². The van der Waals surface area contributed by atoms with E-state index in [9.17, 15) is 0 Å². The van der Waals surface area contributed by atoms with Gasteiger partial charge in [0.25, 0.3) is 0 Å². The zero-order valence-corrected chi connectivity index (χ0v) is 9.12. The molecule has 66 valence electrons. The second kappa shape index (κ2) is 4.18. The Morgan fingerprint density at radius 2 is 1.85 bits per heavy atom. The van der Waals surface area contributed by atoms with Gasteiger partial charge in [-0.05, 0) is 23.6 Å². The number of rotatable bonds is 2. The Morgan fingerprint density at radius 3 is 2.46 bits per heavy atom. The molecule has 0 atom stereocenters. The van der Waals surface area contributed by atoms with E-state index < -0.39 is 0 Å². The van der Waals surface area contributed by atoms with Crippen molar-refractivity contribution in [2.45, 2.75) is 9.10 Å². The van der Waals surface area contributed by atoms with Crippen molar-refractivity contribution in [1.29, 1.82) is 0 Å². The molecule has 0 N–H and O–H groups in total. The molecule has 2 aromatic rings. The number of hydrogen-bond acceptors (Lipinski definition) is 2. The quantitative estimate of drug-likeness (QED) is 0.724. The average Bonchev–Trinajstić information content (AvgIpc) is 2.54. The van der Waals surface area contributed by atoms with E-state index in [1.54, 1.807) is 23.1 Å². The summed E-state index contributed by atoms with van der Waals surface area (Å²) in [5.41, 5.74) is 0. The lowest BCUT2D eigenvalue weighted by Gasteiger charge is -1.97. The van der Waals surface area contributed by atoms with Crippen LogP contribution in [0.3, 0.4) is 0 Å². The zero-order valence-electron chi connectivity index (χ0n) is 6.74. The van der Waals surface area contributed by atoms with Crippen LogP contribution in [0.4, 0.5) is 0 Å². The van der Waals surface area contributed by atoms with Crippen molar-refractivity contribution in [3.63, 3.8) is 0 Å². The van der Waals surface area contributed by atoms with Gasteiger partial charge in [-0.15, -0.1) is 11.3 Å². The van der Waals surface area contributed by atoms with Crippen molar-refractivity contribution in [2.24, 2.45) is 0 Å². The van der Waals surface area contributed by atoms with Crippen LogP contribution in [0.5, 0.6) is 0 Å². The molecule has 1 aromatic heterocycles. The fourth-order valence-electron chi connectivity index (χ4n) is 0.948. The molecular formula is C10H7ClS2. The zero-order chi connectivity index (χ0) is 9.10. The topological polar surface area (TPSA) is 0 Å². The molecule has 0 aliphatic carbocycles. The Balaban J connectivity index is 2.20. The summed E-state index contributed by atoms with van der Waals surface area (Å²) in [5.74, 6) is 0. The maximum Gasteiger partial charge on any atom is 0.0832 e. The minimum Gasteiger partial charge on any atom is -0.135 e. The van der Waals surface area contributed by atoms with Crippen molar-refractivity contribution >= 4 is 34.7 Å². The Hall–Kier alpha value is -0.440. The van der Waals surface area contributed by atoms with Gasteiger partial charge in [0, 0.05) is 4.90 Å². The van der Waals surface area contributed by atoms with Crippen molar-refractivity contribution in [3.8, 4) is 0 Å². The van der Waals surface area contributed by atoms with Crippen molar-refractivity contribution in [1.82, 2.24) is 0 Å². The molecule has 0 amide bonds. The Kier molecular flexibility index (Phi) is 2.94. The molecule has 1 aromatic carbocycles. The summed E-state index contributed by atoms with van der Waals surface area (Å²) in [5, 5.41) is 2.85. The SMILES string of the molecule is Clc1ccsc1Sc1ccccc1. The lowest BCUT2D eigenvalue weighted by atomic mass is 10.4. The van der Waals surface area contributed by atoms with Crippen LogP contribution in [0.15, 0.2) is 50.9 Å². The Bertz CT molecular complexity index is 381. The Morgan fingerprint density at radius 1 is 1.08 bits per heavy atom. The summed E-state index contributed by atoms with van der Waals surface area (Å²) >= 11 is 9.36. The van der Waals surface area contributed by atoms with Gasteiger partial charge in [0.15, 0.2) is 0 Å². The fraction of sp³-hybridized carbons (Fsp3) is 0. The van der Waals surface area contributed by atoms with Crippen LogP contribution in [0.1, 0.15) is 0 Å². The average molecular weight is 227 g/mol. The number of halogens is 1. The molecule has 0 aliphatic rings. The van der Waals surface area contributed by atoms with Gasteiger partial charge < -0.3 is 0 Å². The number of hydrogen-bond donors (Lipinski definition) is 0. The molecule has 0 saturated carbocycles. The predicted octanol–water partition coefficient (Wildman–Crippen LogP) is 4.55. The van der Waals surface area contributed by atoms with Gasteiger partial charge >= 0.3 is 0 Å². The highest BCUT2D eigenvalue weighted by atomic mass is 35.5. The molecule has 0 aliphatic heterocycles. The Labute approximate surface area is 90.6 Å². The van der Waals surface area contributed by atoms with Gasteiger partial charge in [-0.2, -0.15) is 0 Å². The van der Waals surface area contributed by atoms with Crippen LogP contribution in [0, 0.1) is 0 Å². The van der Waals surface area contributed by atoms with Crippen LogP contribution in [-0.2, 0) is 0 Å². The first-order valence-electron chi connectivity index (χ1n) is 3.82. The van der Waals surface area contributed by atoms with Gasteiger partial charge in [-0.3, -0.25) is 0 Å². The molecule has 0 saturated heterocycles. The van der Waals surface area contributed by atoms with Crippen molar-refractivity contribution in [2.75, 3.05) is 0 Å². The van der Waals surface area contributed by atoms with Crippen molar-refractivity contribution < 1.29 is 0 Å². The van der Waals surface area contributed by atoms with E-state index in [4.69, 9.17) is 11.6 Å². The van der Waals surface area contributed by atoms with Crippen LogP contribution < -0.4 is 0 Å². The molecule has 13 heavy (non-hydrogen) atoms. The molecule has 0 spiro atoms. The summed E-state index contributed by atoms with van der Waals surface area (Å²) in [6.45, 7) is 0. The standard InChI is InChI=1S/C10H7ClS2/c11-9-6-7-12-10(9)13-8-4-2-1-3-5-8/h1-7H. The second-order valence-electron chi connectivity index (χ2n) is 2.47. The number of thiophene rings is 1. The minimum atomic E-state index is 0.846. The van der Waals surface area contributed by atoms with E-state index in [1.807, 2.05) is 29.6 Å². The first-order chi connectivity index (χ1) is 6.36. The number of benzene rings is 1. The van der Waals surface area contributed by atoms with Gasteiger partial charge in [-0.1, -0.05) is 41.6 Å². The van der Waals surface area contributed by atoms with Crippen molar-refractivity contribution in [3.05, 3.63) is 46.8 Å². The minimum absolute atomic E-state index is 0.846. The van der Waals surface area contributed by atoms with Crippen LogP contribution in [-0.4, -0.2) is 0 Å². The molecule has 0 radical (unpaired) electrons. The highest BCUT2D eigenvalue weighted by molar-refractivity contribution is 8.01. The highest BCUT2D eigenvalue weighted by Gasteiger charge is 2.02. The van der Waals surface area contributed by atoms with E-state index in [2.05, 4.69) is 12.1 Å². The van der Waals surface area contributed by atoms with E-state index in [0.29, 0.717) is 0 Å². The lowest BCUT2D eigenvalue weighted by molar-refractivity contribution is 1.46. The lowest BCUT2D eigenvalue weighted by Crippen LogP contribution is -1.67. The smallest absolute Gasteiger partial charge is 0.0832 e. The van der Waals surface area contributed by atoms with Crippen LogP contribution in [0.25, 0.3) is 0 Å². The van der Waals surface area contributed by atoms with E-state index >= 15 is 0 Å². The van der Waals surface area contributed by atoms with E-state index in [0.717, 1.165) is 9.23 Å². The fourth-order valence-corrected chi connectivity index (χ4v) is 3.16. The molecule has 1 heterocycles. The maximum atomic E-state index is 5.98. The summed E-state index contributed by atoms with van der Waals surface area (Å²) in [4.78, 5) is 1.23. The predicted molar refractivity (Wildman–Crippen MR) is 59.9 cm³/mol. The monoisotopic (exact) mass is 226 g/mol. The van der Waals surface area contributed by atoms with E-state index in [-0.39, 0.29) is 0 Å². The molecule has 0 bridgehead atoms. The first kappa shape index (κ1) is 9.13. The molecule has 3 heteroatoms. The van der Waals surface area contributed by atoms with Crippen LogP contribution >= 0.6 is 34.7 Å². The summed E-state index contributed by atoms with van der Waals surface area (Å²) < 4.78 is 1.16. The summed E-state index contributed by atoms with van der Waals surface area (Å²) in [6.07, 6.45) is 0. The summed E-state index contributed by atoms with van der Waals surface area (Å²) in [6, 6.07) is 12.2. The van der Waals surface area contributed by atoms with Gasteiger partial charge in [0.2, 0.25) is 0 Å². The molecule has 0 unspecified atom stereocenters. The third-order valence-electron chi connectivity index (χ3n) is 1.54. The maximum absolute atomic E-state index is 5.98. The second-order valence-corrected chi connectivity index (χ2v) is 5.14. The first-order valence-corrected chi connectivity index (χ1v) is 5.89. The van der Waals surface area contributed by atoms with E-state index in [1.165, 1.54) is 4.90 Å². The highest BCUT2D eigenvalue weighted by Crippen LogP contribution is 2.37.